The molecule has 1 N–H and O–H groups in total. The van der Waals surface area contributed by atoms with E-state index in [0.717, 1.165) is 18.2 Å². The van der Waals surface area contributed by atoms with E-state index in [2.05, 4.69) is 30.7 Å². The number of aromatic carboxylic acids is 1. The number of hydrogen-bond acceptors (Lipinski definition) is 12. The van der Waals surface area contributed by atoms with Crippen LogP contribution in [0, 0.1) is 24.0 Å². The normalized spacial score (nSPS) is 10.8. The number of carbonyl (C=O) groups excluding carboxylic acids is 1. The van der Waals surface area contributed by atoms with Gasteiger partial charge in [-0.1, -0.05) is 66.4 Å². The predicted molar refractivity (Wildman–Crippen MR) is 171 cm³/mol. The third kappa shape index (κ3) is 8.04. The van der Waals surface area contributed by atoms with Crippen molar-refractivity contribution in [3.63, 3.8) is 0 Å². The second-order valence-electron chi connectivity index (χ2n) is 10.2. The first-order chi connectivity index (χ1) is 23.5. The molecule has 0 aliphatic heterocycles. The van der Waals surface area contributed by atoms with Crippen LogP contribution in [0.2, 0.25) is 0 Å². The van der Waals surface area contributed by atoms with Crippen LogP contribution in [0.5, 0.6) is 11.6 Å². The molecule has 0 aliphatic carbocycles. The number of azo groups is 2. The van der Waals surface area contributed by atoms with E-state index in [1.54, 1.807) is 62.4 Å². The van der Waals surface area contributed by atoms with Gasteiger partial charge in [-0.2, -0.15) is 10.2 Å². The van der Waals surface area contributed by atoms with Crippen LogP contribution in [-0.4, -0.2) is 30.5 Å². The minimum absolute atomic E-state index is 0. The summed E-state index contributed by atoms with van der Waals surface area (Å²) in [4.78, 5) is 33.7. The number of aromatic amines is 1. The summed E-state index contributed by atoms with van der Waals surface area (Å²) in [6, 6.07) is 27.0. The molecule has 252 valence electrons. The summed E-state index contributed by atoms with van der Waals surface area (Å²) < 4.78 is 2.53. The van der Waals surface area contributed by atoms with Crippen LogP contribution in [0.1, 0.15) is 21.7 Å². The fraction of sp³-hybridized carbons (Fsp3) is 0.0606. The number of aromatic nitrogens is 4. The van der Waals surface area contributed by atoms with Gasteiger partial charge in [-0.3, -0.25) is 20.0 Å². The van der Waals surface area contributed by atoms with Gasteiger partial charge >= 0.3 is 16.8 Å². The second-order valence-corrected chi connectivity index (χ2v) is 10.2. The van der Waals surface area contributed by atoms with Gasteiger partial charge in [0.15, 0.2) is 5.69 Å². The van der Waals surface area contributed by atoms with Crippen molar-refractivity contribution in [2.45, 2.75) is 13.8 Å². The van der Waals surface area contributed by atoms with Gasteiger partial charge in [0, 0.05) is 23.6 Å². The van der Waals surface area contributed by atoms with Crippen molar-refractivity contribution in [3.05, 3.63) is 141 Å². The Kier molecular flexibility index (Phi) is 11.5. The number of rotatable bonds is 8. The maximum absolute atomic E-state index is 12.5. The average molecular weight is 718 g/mol. The molecule has 6 aromatic rings. The number of nitrogens with zero attached hydrogens (tertiary/aromatic N) is 8. The molecule has 17 heteroatoms. The van der Waals surface area contributed by atoms with Crippen LogP contribution < -0.4 is 20.9 Å². The van der Waals surface area contributed by atoms with E-state index < -0.39 is 22.5 Å². The van der Waals surface area contributed by atoms with Crippen molar-refractivity contribution >= 4 is 34.4 Å². The van der Waals surface area contributed by atoms with Crippen molar-refractivity contribution in [1.29, 1.82) is 0 Å². The Morgan fingerprint density at radius 1 is 0.780 bits per heavy atom. The summed E-state index contributed by atoms with van der Waals surface area (Å²) in [7, 11) is 0. The summed E-state index contributed by atoms with van der Waals surface area (Å²) in [6.45, 7) is 3.28. The largest absolute Gasteiger partial charge is 3.00 e. The number of hydrogen-bond donors (Lipinski definition) is 1. The summed E-state index contributed by atoms with van der Waals surface area (Å²) in [6.07, 6.45) is 0. The Labute approximate surface area is 293 Å². The van der Waals surface area contributed by atoms with Crippen LogP contribution in [0.15, 0.2) is 128 Å². The molecule has 2 aromatic heterocycles. The van der Waals surface area contributed by atoms with Gasteiger partial charge in [-0.05, 0) is 44.2 Å². The number of H-pyrrole nitrogens is 1. The number of non-ortho nitro benzene ring substituents is 1. The zero-order valence-electron chi connectivity index (χ0n) is 26.1. The quantitative estimate of drug-likeness (QED) is 0.129. The van der Waals surface area contributed by atoms with Gasteiger partial charge in [0.05, 0.1) is 45.0 Å². The minimum Gasteiger partial charge on any atom is -0.871 e. The van der Waals surface area contributed by atoms with Gasteiger partial charge in [0.25, 0.3) is 11.2 Å². The van der Waals surface area contributed by atoms with E-state index >= 15 is 0 Å². The smallest absolute Gasteiger partial charge is 0.871 e. The molecule has 16 nitrogen and oxygen atoms in total. The summed E-state index contributed by atoms with van der Waals surface area (Å²) in [5, 5.41) is 68.4. The van der Waals surface area contributed by atoms with Crippen molar-refractivity contribution in [2.24, 2.45) is 20.5 Å². The molecule has 6 rings (SSSR count). The van der Waals surface area contributed by atoms with E-state index in [9.17, 15) is 35.0 Å². The maximum atomic E-state index is 12.5. The standard InChI is InChI=1S/C17H14N4O3.C16H13N5O4.Co/c1-11-15(16(22)21(20-11)12-7-3-2-4-8-12)19-18-14-10-6-5-9-13(14)17(23)24;1-10-15(16(23)20(19-10)11-5-3-2-4-6-11)18-17-13-9-12(21(24)25)7-8-14(13)22;/h2-10,20H,1H3,(H,23,24);2-9,22-23H,1H3;/q;;+3/p-3. The fourth-order valence-corrected chi connectivity index (χ4v) is 4.41. The minimum atomic E-state index is -1.35. The SMILES string of the molecule is Cc1[nH]n(-c2ccccc2)c(=O)c1N=Nc1ccccc1C(=O)[O-].Cc1nn(-c2ccccc2)c([O-])c1N=Nc1cc([N+](=O)[O-])ccc1[O-].[Co+3]. The van der Waals surface area contributed by atoms with Crippen LogP contribution in [0.25, 0.3) is 11.4 Å². The van der Waals surface area contributed by atoms with Crippen LogP contribution in [-0.2, 0) is 16.8 Å². The first-order valence-electron chi connectivity index (χ1n) is 14.3. The number of nitro benzene ring substituents is 1. The van der Waals surface area contributed by atoms with Gasteiger partial charge in [-0.15, -0.1) is 15.3 Å². The number of carboxylic acid groups (broad SMARTS) is 1. The van der Waals surface area contributed by atoms with Crippen LogP contribution in [0.3, 0.4) is 0 Å². The van der Waals surface area contributed by atoms with E-state index in [-0.39, 0.29) is 56.3 Å². The Balaban J connectivity index is 0.000000220. The van der Waals surface area contributed by atoms with Crippen molar-refractivity contribution < 1.29 is 41.8 Å². The topological polar surface area (TPSA) is 234 Å². The third-order valence-corrected chi connectivity index (χ3v) is 6.84. The third-order valence-electron chi connectivity index (χ3n) is 6.84. The summed E-state index contributed by atoms with van der Waals surface area (Å²) >= 11 is 0. The number of carbonyl (C=O) groups is 1. The first-order valence-corrected chi connectivity index (χ1v) is 14.3. The molecule has 0 bridgehead atoms. The van der Waals surface area contributed by atoms with Crippen LogP contribution in [0.4, 0.5) is 28.4 Å². The molecule has 0 unspecified atom stereocenters. The number of nitrogens with one attached hydrogen (secondary N) is 1. The molecular formula is C33H24CoN9O7. The van der Waals surface area contributed by atoms with Crippen molar-refractivity contribution in [1.82, 2.24) is 19.6 Å². The van der Waals surface area contributed by atoms with E-state index in [1.807, 2.05) is 24.3 Å². The van der Waals surface area contributed by atoms with Crippen LogP contribution >= 0.6 is 0 Å². The number of nitro groups is 1. The maximum Gasteiger partial charge on any atom is 3.00 e. The van der Waals surface area contributed by atoms with Gasteiger partial charge in [0.2, 0.25) is 0 Å². The zero-order chi connectivity index (χ0) is 35.1. The monoisotopic (exact) mass is 717 g/mol. The van der Waals surface area contributed by atoms with Gasteiger partial charge < -0.3 is 20.1 Å². The zero-order valence-corrected chi connectivity index (χ0v) is 27.1. The molecule has 0 saturated carbocycles. The van der Waals surface area contributed by atoms with E-state index in [1.165, 1.54) is 21.5 Å². The molecular weight excluding hydrogens is 693 g/mol. The van der Waals surface area contributed by atoms with Gasteiger partial charge in [-0.25, -0.2) is 9.36 Å². The molecule has 0 aliphatic rings. The molecule has 0 saturated heterocycles. The first kappa shape index (κ1) is 36.1. The Bertz CT molecular complexity index is 2260. The number of carboxylic acids is 1. The Morgan fingerprint density at radius 2 is 1.36 bits per heavy atom. The molecule has 50 heavy (non-hydrogen) atoms. The number of benzene rings is 4. The Hall–Kier alpha value is -6.72. The molecule has 0 spiro atoms. The van der Waals surface area contributed by atoms with Crippen molar-refractivity contribution in [2.75, 3.05) is 0 Å². The molecule has 4 aromatic carbocycles. The van der Waals surface area contributed by atoms with E-state index in [0.29, 0.717) is 22.8 Å². The Morgan fingerprint density at radius 3 is 2.00 bits per heavy atom. The molecule has 0 fully saturated rings. The summed E-state index contributed by atoms with van der Waals surface area (Å²) in [5.74, 6) is -2.38. The van der Waals surface area contributed by atoms with E-state index in [4.69, 9.17) is 0 Å². The number of aryl methyl sites for hydroxylation is 2. The van der Waals surface area contributed by atoms with Gasteiger partial charge in [0.1, 0.15) is 5.69 Å². The second kappa shape index (κ2) is 15.9. The predicted octanol–water partition coefficient (Wildman–Crippen LogP) is 4.90. The van der Waals surface area contributed by atoms with Crippen molar-refractivity contribution in [3.8, 4) is 23.0 Å². The molecule has 2 heterocycles. The molecule has 0 radical (unpaired) electrons. The molecule has 0 atom stereocenters. The summed E-state index contributed by atoms with van der Waals surface area (Å²) in [5.41, 5.74) is 1.35. The number of para-hydroxylation sites is 2. The molecule has 0 amide bonds. The fourth-order valence-electron chi connectivity index (χ4n) is 4.41. The average Bonchev–Trinajstić information content (AvgIpc) is 3.56.